The van der Waals surface area contributed by atoms with Crippen molar-refractivity contribution in [3.8, 4) is 0 Å². The number of hydrogen-bond donors (Lipinski definition) is 0. The molecule has 0 aliphatic carbocycles. The van der Waals surface area contributed by atoms with Crippen LogP contribution in [0.3, 0.4) is 0 Å². The first-order chi connectivity index (χ1) is 6.24. The summed E-state index contributed by atoms with van der Waals surface area (Å²) in [7, 11) is 1.79. The van der Waals surface area contributed by atoms with E-state index < -0.39 is 0 Å². The van der Waals surface area contributed by atoms with Gasteiger partial charge in [-0.05, 0) is 25.0 Å². The van der Waals surface area contributed by atoms with Crippen molar-refractivity contribution in [1.29, 1.82) is 0 Å². The fourth-order valence-corrected chi connectivity index (χ4v) is 1.11. The van der Waals surface area contributed by atoms with Gasteiger partial charge in [-0.1, -0.05) is 37.6 Å². The molecule has 0 bridgehead atoms. The van der Waals surface area contributed by atoms with Crippen molar-refractivity contribution in [2.24, 2.45) is 4.99 Å². The molecule has 0 aliphatic heterocycles. The number of rotatable bonds is 1. The summed E-state index contributed by atoms with van der Waals surface area (Å²) in [5, 5.41) is 0. The summed E-state index contributed by atoms with van der Waals surface area (Å²) in [4.78, 5) is 3.97. The molecule has 0 N–H and O–H groups in total. The summed E-state index contributed by atoms with van der Waals surface area (Å²) in [6, 6.07) is 6.36. The van der Waals surface area contributed by atoms with E-state index >= 15 is 0 Å². The molecule has 72 valence electrons. The average molecular weight is 177 g/mol. The molecular weight excluding hydrogens is 158 g/mol. The monoisotopic (exact) mass is 177 g/mol. The van der Waals surface area contributed by atoms with Gasteiger partial charge in [-0.2, -0.15) is 0 Å². The van der Waals surface area contributed by atoms with Crippen LogP contribution in [0.5, 0.6) is 0 Å². The van der Waals surface area contributed by atoms with Gasteiger partial charge in [-0.25, -0.2) is 0 Å². The molecule has 1 nitrogen and oxygen atoms in total. The third-order valence-corrected chi connectivity index (χ3v) is 1.69. The number of nitrogens with zero attached hydrogens (tertiary/aromatic N) is 1. The largest absolute Gasteiger partial charge is 0.296 e. The van der Waals surface area contributed by atoms with Crippen LogP contribution in [0.1, 0.15) is 30.5 Å². The molecule has 0 amide bonds. The highest BCUT2D eigenvalue weighted by Gasteiger charge is 1.92. The van der Waals surface area contributed by atoms with Crippen LogP contribution < -0.4 is 0 Å². The average Bonchev–Trinajstić information content (AvgIpc) is 2.14. The molecule has 13 heavy (non-hydrogen) atoms. The molecule has 0 aliphatic rings. The molecular formula is C12H19N. The molecule has 0 saturated carbocycles. The predicted molar refractivity (Wildman–Crippen MR) is 60.8 cm³/mol. The van der Waals surface area contributed by atoms with Crippen LogP contribution in [0.15, 0.2) is 23.2 Å². The van der Waals surface area contributed by atoms with E-state index in [0.29, 0.717) is 0 Å². The summed E-state index contributed by atoms with van der Waals surface area (Å²) >= 11 is 0. The molecule has 1 heteroatoms. The van der Waals surface area contributed by atoms with Gasteiger partial charge in [0.25, 0.3) is 0 Å². The Hall–Kier alpha value is -1.11. The normalized spacial score (nSPS) is 9.62. The van der Waals surface area contributed by atoms with Gasteiger partial charge in [0.15, 0.2) is 0 Å². The number of aryl methyl sites for hydroxylation is 2. The van der Waals surface area contributed by atoms with E-state index in [2.05, 4.69) is 37.0 Å². The highest BCUT2D eigenvalue weighted by atomic mass is 14.6. The van der Waals surface area contributed by atoms with Crippen molar-refractivity contribution in [2.45, 2.75) is 27.7 Å². The Labute approximate surface area is 81.5 Å². The standard InChI is InChI=1S/C10H13N.C2H6/c1-8-4-5-10(7-11-3)9(2)6-8;1-2/h4-7H,1-3H3;1-2H3. The van der Waals surface area contributed by atoms with E-state index in [1.807, 2.05) is 20.1 Å². The van der Waals surface area contributed by atoms with Gasteiger partial charge in [-0.3, -0.25) is 4.99 Å². The predicted octanol–water partition coefficient (Wildman–Crippen LogP) is 3.38. The molecule has 0 saturated heterocycles. The first kappa shape index (κ1) is 11.9. The lowest BCUT2D eigenvalue weighted by atomic mass is 10.1. The van der Waals surface area contributed by atoms with E-state index in [4.69, 9.17) is 0 Å². The molecule has 1 aromatic carbocycles. The van der Waals surface area contributed by atoms with Gasteiger partial charge < -0.3 is 0 Å². The lowest BCUT2D eigenvalue weighted by molar-refractivity contribution is 1.36. The molecule has 1 aromatic rings. The van der Waals surface area contributed by atoms with Gasteiger partial charge in [0.05, 0.1) is 0 Å². The number of aliphatic imine (C=N–C) groups is 1. The first-order valence-corrected chi connectivity index (χ1v) is 4.73. The van der Waals surface area contributed by atoms with Gasteiger partial charge in [0, 0.05) is 13.3 Å². The molecule has 0 fully saturated rings. The third kappa shape index (κ3) is 3.88. The van der Waals surface area contributed by atoms with E-state index in [-0.39, 0.29) is 0 Å². The van der Waals surface area contributed by atoms with Crippen molar-refractivity contribution in [2.75, 3.05) is 7.05 Å². The zero-order valence-electron chi connectivity index (χ0n) is 9.26. The van der Waals surface area contributed by atoms with Crippen LogP contribution in [0, 0.1) is 13.8 Å². The summed E-state index contributed by atoms with van der Waals surface area (Å²) in [6.07, 6.45) is 1.88. The second-order valence-electron chi connectivity index (χ2n) is 2.75. The Kier molecular flexibility index (Phi) is 5.86. The number of hydrogen-bond acceptors (Lipinski definition) is 1. The summed E-state index contributed by atoms with van der Waals surface area (Å²) in [5.74, 6) is 0. The first-order valence-electron chi connectivity index (χ1n) is 4.73. The molecule has 0 spiro atoms. The van der Waals surface area contributed by atoms with Gasteiger partial charge >= 0.3 is 0 Å². The summed E-state index contributed by atoms with van der Waals surface area (Å²) in [6.45, 7) is 8.20. The third-order valence-electron chi connectivity index (χ3n) is 1.69. The minimum atomic E-state index is 1.21. The topological polar surface area (TPSA) is 12.4 Å². The van der Waals surface area contributed by atoms with Crippen molar-refractivity contribution in [3.63, 3.8) is 0 Å². The maximum atomic E-state index is 3.97. The van der Waals surface area contributed by atoms with E-state index in [9.17, 15) is 0 Å². The minimum absolute atomic E-state index is 1.21. The zero-order valence-corrected chi connectivity index (χ0v) is 9.26. The summed E-state index contributed by atoms with van der Waals surface area (Å²) < 4.78 is 0. The Morgan fingerprint density at radius 3 is 2.23 bits per heavy atom. The molecule has 0 unspecified atom stereocenters. The molecule has 0 radical (unpaired) electrons. The maximum absolute atomic E-state index is 3.97. The van der Waals surface area contributed by atoms with Crippen LogP contribution in [0.4, 0.5) is 0 Å². The Morgan fingerprint density at radius 1 is 1.15 bits per heavy atom. The Balaban J connectivity index is 0.000000671. The second-order valence-corrected chi connectivity index (χ2v) is 2.75. The van der Waals surface area contributed by atoms with Gasteiger partial charge in [0.2, 0.25) is 0 Å². The fourth-order valence-electron chi connectivity index (χ4n) is 1.11. The maximum Gasteiger partial charge on any atom is 0.0284 e. The Bertz CT molecular complexity index is 274. The zero-order chi connectivity index (χ0) is 10.3. The molecule has 0 aromatic heterocycles. The van der Waals surface area contributed by atoms with E-state index in [1.165, 1.54) is 16.7 Å². The smallest absolute Gasteiger partial charge is 0.0284 e. The highest BCUT2D eigenvalue weighted by Crippen LogP contribution is 2.07. The molecule has 1 rings (SSSR count). The molecule has 0 atom stereocenters. The van der Waals surface area contributed by atoms with Crippen LogP contribution >= 0.6 is 0 Å². The SMILES string of the molecule is CC.CN=Cc1ccc(C)cc1C. The van der Waals surface area contributed by atoms with Crippen molar-refractivity contribution >= 4 is 6.21 Å². The van der Waals surface area contributed by atoms with Crippen LogP contribution in [-0.4, -0.2) is 13.3 Å². The fraction of sp³-hybridized carbons (Fsp3) is 0.417. The van der Waals surface area contributed by atoms with Crippen LogP contribution in [0.25, 0.3) is 0 Å². The van der Waals surface area contributed by atoms with Gasteiger partial charge in [-0.15, -0.1) is 0 Å². The Morgan fingerprint density at radius 2 is 1.77 bits per heavy atom. The van der Waals surface area contributed by atoms with Crippen molar-refractivity contribution < 1.29 is 0 Å². The minimum Gasteiger partial charge on any atom is -0.296 e. The lowest BCUT2D eigenvalue weighted by Crippen LogP contribution is -1.86. The highest BCUT2D eigenvalue weighted by molar-refractivity contribution is 5.81. The lowest BCUT2D eigenvalue weighted by Gasteiger charge is -1.99. The van der Waals surface area contributed by atoms with Gasteiger partial charge in [0.1, 0.15) is 0 Å². The van der Waals surface area contributed by atoms with E-state index in [0.717, 1.165) is 0 Å². The number of benzene rings is 1. The van der Waals surface area contributed by atoms with Crippen molar-refractivity contribution in [1.82, 2.24) is 0 Å². The molecule has 0 heterocycles. The summed E-state index contributed by atoms with van der Waals surface area (Å²) in [5.41, 5.74) is 3.80. The van der Waals surface area contributed by atoms with Crippen molar-refractivity contribution in [3.05, 3.63) is 34.9 Å². The second kappa shape index (κ2) is 6.41. The van der Waals surface area contributed by atoms with Crippen LogP contribution in [-0.2, 0) is 0 Å². The van der Waals surface area contributed by atoms with E-state index in [1.54, 1.807) is 7.05 Å². The quantitative estimate of drug-likeness (QED) is 0.583. The van der Waals surface area contributed by atoms with Crippen LogP contribution in [0.2, 0.25) is 0 Å².